The third-order valence-electron chi connectivity index (χ3n) is 1.71. The lowest BCUT2D eigenvalue weighted by Crippen LogP contribution is -2.20. The monoisotopic (exact) mass is 155 g/mol. The number of hydrogen-bond acceptors (Lipinski definition) is 3. The summed E-state index contributed by atoms with van der Waals surface area (Å²) in [4.78, 5) is 11.1. The SMILES string of the molecule is CCOC(=O)[C@H]1C=C[C@@H](N)C1. The Bertz CT molecular complexity index is 177. The van der Waals surface area contributed by atoms with E-state index in [1.54, 1.807) is 6.92 Å². The highest BCUT2D eigenvalue weighted by Crippen LogP contribution is 2.17. The smallest absolute Gasteiger partial charge is 0.312 e. The maximum Gasteiger partial charge on any atom is 0.312 e. The minimum atomic E-state index is -0.156. The van der Waals surface area contributed by atoms with E-state index in [1.807, 2.05) is 12.2 Å². The van der Waals surface area contributed by atoms with Crippen molar-refractivity contribution in [2.75, 3.05) is 6.61 Å². The Hall–Kier alpha value is -0.830. The van der Waals surface area contributed by atoms with Crippen molar-refractivity contribution in [1.29, 1.82) is 0 Å². The van der Waals surface area contributed by atoms with Crippen LogP contribution in [0.15, 0.2) is 12.2 Å². The number of esters is 1. The first-order chi connectivity index (χ1) is 5.24. The molecule has 0 heterocycles. The van der Waals surface area contributed by atoms with Crippen LogP contribution in [0, 0.1) is 5.92 Å². The van der Waals surface area contributed by atoms with Crippen molar-refractivity contribution in [2.45, 2.75) is 19.4 Å². The molecule has 1 aliphatic carbocycles. The summed E-state index contributed by atoms with van der Waals surface area (Å²) >= 11 is 0. The van der Waals surface area contributed by atoms with E-state index in [0.717, 1.165) is 0 Å². The van der Waals surface area contributed by atoms with Crippen molar-refractivity contribution in [3.05, 3.63) is 12.2 Å². The molecule has 0 aromatic heterocycles. The topological polar surface area (TPSA) is 52.3 Å². The van der Waals surface area contributed by atoms with Gasteiger partial charge < -0.3 is 10.5 Å². The first-order valence-electron chi connectivity index (χ1n) is 3.84. The predicted molar refractivity (Wildman–Crippen MR) is 41.9 cm³/mol. The lowest BCUT2D eigenvalue weighted by Gasteiger charge is -2.07. The van der Waals surface area contributed by atoms with Gasteiger partial charge >= 0.3 is 5.97 Å². The summed E-state index contributed by atoms with van der Waals surface area (Å²) in [7, 11) is 0. The van der Waals surface area contributed by atoms with Crippen molar-refractivity contribution >= 4 is 5.97 Å². The van der Waals surface area contributed by atoms with Crippen LogP contribution >= 0.6 is 0 Å². The van der Waals surface area contributed by atoms with Crippen molar-refractivity contribution in [3.8, 4) is 0 Å². The summed E-state index contributed by atoms with van der Waals surface area (Å²) in [5, 5.41) is 0. The van der Waals surface area contributed by atoms with Crippen LogP contribution in [0.3, 0.4) is 0 Å². The van der Waals surface area contributed by atoms with E-state index in [2.05, 4.69) is 0 Å². The fraction of sp³-hybridized carbons (Fsp3) is 0.625. The molecule has 2 atom stereocenters. The largest absolute Gasteiger partial charge is 0.466 e. The second-order valence-corrected chi connectivity index (χ2v) is 2.64. The molecule has 62 valence electrons. The molecule has 0 aromatic rings. The van der Waals surface area contributed by atoms with Gasteiger partial charge in [-0.15, -0.1) is 0 Å². The number of hydrogen-bond donors (Lipinski definition) is 1. The molecular formula is C8H13NO2. The van der Waals surface area contributed by atoms with E-state index >= 15 is 0 Å². The number of nitrogens with two attached hydrogens (primary N) is 1. The fourth-order valence-corrected chi connectivity index (χ4v) is 1.15. The summed E-state index contributed by atoms with van der Waals surface area (Å²) < 4.78 is 4.83. The quantitative estimate of drug-likeness (QED) is 0.465. The maximum absolute atomic E-state index is 11.1. The molecule has 0 spiro atoms. The molecule has 0 aliphatic heterocycles. The van der Waals surface area contributed by atoms with E-state index in [9.17, 15) is 4.79 Å². The average Bonchev–Trinajstić information content (AvgIpc) is 2.36. The van der Waals surface area contributed by atoms with Crippen LogP contribution in [0.1, 0.15) is 13.3 Å². The van der Waals surface area contributed by atoms with Crippen LogP contribution in [0.5, 0.6) is 0 Å². The third-order valence-corrected chi connectivity index (χ3v) is 1.71. The molecular weight excluding hydrogens is 142 g/mol. The Morgan fingerprint density at radius 1 is 1.73 bits per heavy atom. The molecule has 0 saturated carbocycles. The van der Waals surface area contributed by atoms with Gasteiger partial charge in [-0.05, 0) is 13.3 Å². The maximum atomic E-state index is 11.1. The molecule has 11 heavy (non-hydrogen) atoms. The minimum Gasteiger partial charge on any atom is -0.466 e. The lowest BCUT2D eigenvalue weighted by atomic mass is 10.1. The van der Waals surface area contributed by atoms with Gasteiger partial charge in [0, 0.05) is 6.04 Å². The van der Waals surface area contributed by atoms with Gasteiger partial charge in [0.2, 0.25) is 0 Å². The van der Waals surface area contributed by atoms with E-state index < -0.39 is 0 Å². The van der Waals surface area contributed by atoms with Crippen molar-refractivity contribution in [2.24, 2.45) is 11.7 Å². The van der Waals surface area contributed by atoms with Crippen LogP contribution in [-0.4, -0.2) is 18.6 Å². The molecule has 0 unspecified atom stereocenters. The van der Waals surface area contributed by atoms with Gasteiger partial charge in [0.15, 0.2) is 0 Å². The zero-order chi connectivity index (χ0) is 8.27. The number of rotatable bonds is 2. The molecule has 0 aromatic carbocycles. The Morgan fingerprint density at radius 3 is 2.91 bits per heavy atom. The third kappa shape index (κ3) is 2.05. The summed E-state index contributed by atoms with van der Waals surface area (Å²) in [6.45, 7) is 2.24. The van der Waals surface area contributed by atoms with Crippen molar-refractivity contribution in [3.63, 3.8) is 0 Å². The number of carbonyl (C=O) groups is 1. The van der Waals surface area contributed by atoms with Crippen LogP contribution in [0.25, 0.3) is 0 Å². The van der Waals surface area contributed by atoms with Crippen LogP contribution in [0.2, 0.25) is 0 Å². The van der Waals surface area contributed by atoms with Gasteiger partial charge in [-0.2, -0.15) is 0 Å². The number of ether oxygens (including phenoxy) is 1. The molecule has 3 nitrogen and oxygen atoms in total. The van der Waals surface area contributed by atoms with Crippen molar-refractivity contribution < 1.29 is 9.53 Å². The molecule has 1 rings (SSSR count). The van der Waals surface area contributed by atoms with Crippen LogP contribution in [0.4, 0.5) is 0 Å². The zero-order valence-corrected chi connectivity index (χ0v) is 6.62. The van der Waals surface area contributed by atoms with E-state index in [-0.39, 0.29) is 17.9 Å². The molecule has 0 saturated heterocycles. The Morgan fingerprint density at radius 2 is 2.45 bits per heavy atom. The first kappa shape index (κ1) is 8.27. The second kappa shape index (κ2) is 3.53. The molecule has 0 amide bonds. The van der Waals surface area contributed by atoms with Gasteiger partial charge in [-0.25, -0.2) is 0 Å². The normalized spacial score (nSPS) is 28.9. The van der Waals surface area contributed by atoms with Gasteiger partial charge in [-0.3, -0.25) is 4.79 Å². The first-order valence-corrected chi connectivity index (χ1v) is 3.84. The molecule has 1 aliphatic rings. The van der Waals surface area contributed by atoms with Crippen LogP contribution in [-0.2, 0) is 9.53 Å². The predicted octanol–water partition coefficient (Wildman–Crippen LogP) is 0.453. The highest BCUT2D eigenvalue weighted by atomic mass is 16.5. The average molecular weight is 155 g/mol. The molecule has 3 heteroatoms. The zero-order valence-electron chi connectivity index (χ0n) is 6.62. The number of carbonyl (C=O) groups excluding carboxylic acids is 1. The Balaban J connectivity index is 2.38. The van der Waals surface area contributed by atoms with Crippen molar-refractivity contribution in [1.82, 2.24) is 0 Å². The van der Waals surface area contributed by atoms with Gasteiger partial charge in [0.25, 0.3) is 0 Å². The Labute approximate surface area is 66.2 Å². The second-order valence-electron chi connectivity index (χ2n) is 2.64. The highest BCUT2D eigenvalue weighted by Gasteiger charge is 2.23. The highest BCUT2D eigenvalue weighted by molar-refractivity contribution is 5.75. The standard InChI is InChI=1S/C8H13NO2/c1-2-11-8(10)6-3-4-7(9)5-6/h3-4,6-7H,2,5,9H2,1H3/t6-,7+/m0/s1. The van der Waals surface area contributed by atoms with E-state index in [4.69, 9.17) is 10.5 Å². The Kier molecular flexibility index (Phi) is 2.65. The van der Waals surface area contributed by atoms with Gasteiger partial charge in [-0.1, -0.05) is 12.2 Å². The summed E-state index contributed by atoms with van der Waals surface area (Å²) in [5.41, 5.74) is 5.56. The molecule has 0 radical (unpaired) electrons. The lowest BCUT2D eigenvalue weighted by molar-refractivity contribution is -0.146. The van der Waals surface area contributed by atoms with Gasteiger partial charge in [0.05, 0.1) is 12.5 Å². The van der Waals surface area contributed by atoms with E-state index in [1.165, 1.54) is 0 Å². The van der Waals surface area contributed by atoms with Crippen LogP contribution < -0.4 is 5.73 Å². The van der Waals surface area contributed by atoms with Gasteiger partial charge in [0.1, 0.15) is 0 Å². The molecule has 2 N–H and O–H groups in total. The van der Waals surface area contributed by atoms with E-state index in [0.29, 0.717) is 13.0 Å². The fourth-order valence-electron chi connectivity index (χ4n) is 1.15. The summed E-state index contributed by atoms with van der Waals surface area (Å²) in [6, 6.07) is 0.0319. The molecule has 0 fully saturated rings. The molecule has 0 bridgehead atoms. The summed E-state index contributed by atoms with van der Waals surface area (Å²) in [5.74, 6) is -0.262. The minimum absolute atomic E-state index is 0.0319. The summed E-state index contributed by atoms with van der Waals surface area (Å²) in [6.07, 6.45) is 4.36.